The van der Waals surface area contributed by atoms with E-state index in [4.69, 9.17) is 9.47 Å². The van der Waals surface area contributed by atoms with Gasteiger partial charge < -0.3 is 20.1 Å². The van der Waals surface area contributed by atoms with Crippen LogP contribution in [0.25, 0.3) is 0 Å². The molecule has 0 saturated carbocycles. The van der Waals surface area contributed by atoms with Crippen LogP contribution in [-0.2, 0) is 9.59 Å². The number of carbonyl (C=O) groups is 2. The van der Waals surface area contributed by atoms with Crippen molar-refractivity contribution in [2.24, 2.45) is 0 Å². The van der Waals surface area contributed by atoms with E-state index < -0.39 is 0 Å². The fourth-order valence-corrected chi connectivity index (χ4v) is 2.00. The van der Waals surface area contributed by atoms with Crippen LogP contribution in [0.5, 0.6) is 11.5 Å². The quantitative estimate of drug-likeness (QED) is 0.819. The number of nitrogens with one attached hydrogen (secondary N) is 2. The molecule has 0 saturated heterocycles. The summed E-state index contributed by atoms with van der Waals surface area (Å²) in [7, 11) is 1.60. The summed E-state index contributed by atoms with van der Waals surface area (Å²) in [5.74, 6) is 1.16. The van der Waals surface area contributed by atoms with Crippen molar-refractivity contribution >= 4 is 23.2 Å². The Morgan fingerprint density at radius 3 is 1.96 bits per heavy atom. The Labute approximate surface area is 140 Å². The molecule has 0 unspecified atom stereocenters. The lowest BCUT2D eigenvalue weighted by Crippen LogP contribution is -2.15. The molecule has 0 radical (unpaired) electrons. The second-order valence-electron chi connectivity index (χ2n) is 5.08. The van der Waals surface area contributed by atoms with Crippen LogP contribution in [0, 0.1) is 0 Å². The molecule has 2 aromatic carbocycles. The smallest absolute Gasteiger partial charge is 0.227 e. The standard InChI is InChI=1S/C18H20N2O4/c1-13(21)19-14-3-5-15(6-4-14)20-18(22)11-12-24-17-9-7-16(23-2)8-10-17/h3-10H,11-12H2,1-2H3,(H,19,21)(H,20,22). The molecule has 2 rings (SSSR count). The van der Waals surface area contributed by atoms with E-state index in [1.165, 1.54) is 6.92 Å². The van der Waals surface area contributed by atoms with Gasteiger partial charge in [-0.1, -0.05) is 0 Å². The van der Waals surface area contributed by atoms with Crippen LogP contribution >= 0.6 is 0 Å². The maximum atomic E-state index is 11.9. The van der Waals surface area contributed by atoms with Gasteiger partial charge in [-0.25, -0.2) is 0 Å². The van der Waals surface area contributed by atoms with Crippen LogP contribution in [0.15, 0.2) is 48.5 Å². The number of anilines is 2. The predicted molar refractivity (Wildman–Crippen MR) is 92.5 cm³/mol. The normalized spacial score (nSPS) is 9.92. The third-order valence-electron chi connectivity index (χ3n) is 3.15. The third kappa shape index (κ3) is 5.64. The van der Waals surface area contributed by atoms with Gasteiger partial charge in [0.15, 0.2) is 0 Å². The summed E-state index contributed by atoms with van der Waals surface area (Å²) in [6.07, 6.45) is 0.236. The lowest BCUT2D eigenvalue weighted by molar-refractivity contribution is -0.116. The van der Waals surface area contributed by atoms with Crippen LogP contribution < -0.4 is 20.1 Å². The molecule has 2 N–H and O–H groups in total. The number of hydrogen-bond acceptors (Lipinski definition) is 4. The maximum Gasteiger partial charge on any atom is 0.227 e. The molecular weight excluding hydrogens is 308 g/mol. The number of ether oxygens (including phenoxy) is 2. The second kappa shape index (κ2) is 8.57. The van der Waals surface area contributed by atoms with Crippen molar-refractivity contribution < 1.29 is 19.1 Å². The van der Waals surface area contributed by atoms with E-state index in [-0.39, 0.29) is 24.8 Å². The van der Waals surface area contributed by atoms with Crippen LogP contribution in [0.2, 0.25) is 0 Å². The molecule has 0 aliphatic heterocycles. The maximum absolute atomic E-state index is 11.9. The van der Waals surface area contributed by atoms with Gasteiger partial charge >= 0.3 is 0 Å². The van der Waals surface area contributed by atoms with Crippen molar-refractivity contribution in [2.45, 2.75) is 13.3 Å². The van der Waals surface area contributed by atoms with Crippen LogP contribution in [0.1, 0.15) is 13.3 Å². The first kappa shape index (κ1) is 17.3. The van der Waals surface area contributed by atoms with E-state index in [0.717, 1.165) is 5.75 Å². The number of amides is 2. The van der Waals surface area contributed by atoms with Gasteiger partial charge in [0.05, 0.1) is 20.1 Å². The number of rotatable bonds is 7. The molecular formula is C18H20N2O4. The summed E-state index contributed by atoms with van der Waals surface area (Å²) < 4.78 is 10.6. The van der Waals surface area contributed by atoms with E-state index >= 15 is 0 Å². The Kier molecular flexibility index (Phi) is 6.19. The topological polar surface area (TPSA) is 76.7 Å². The molecule has 0 aliphatic carbocycles. The minimum absolute atomic E-state index is 0.137. The minimum Gasteiger partial charge on any atom is -0.497 e. The van der Waals surface area contributed by atoms with E-state index in [2.05, 4.69) is 10.6 Å². The largest absolute Gasteiger partial charge is 0.497 e. The highest BCUT2D eigenvalue weighted by molar-refractivity contribution is 5.92. The van der Waals surface area contributed by atoms with Crippen LogP contribution in [0.4, 0.5) is 11.4 Å². The summed E-state index contributed by atoms with van der Waals surface area (Å²) >= 11 is 0. The lowest BCUT2D eigenvalue weighted by Gasteiger charge is -2.09. The summed E-state index contributed by atoms with van der Waals surface area (Å²) in [6.45, 7) is 1.72. The molecule has 0 atom stereocenters. The summed E-state index contributed by atoms with van der Waals surface area (Å²) in [4.78, 5) is 22.8. The molecule has 6 heteroatoms. The highest BCUT2D eigenvalue weighted by atomic mass is 16.5. The third-order valence-corrected chi connectivity index (χ3v) is 3.15. The monoisotopic (exact) mass is 328 g/mol. The Morgan fingerprint density at radius 1 is 0.875 bits per heavy atom. The van der Waals surface area contributed by atoms with Gasteiger partial charge in [-0.3, -0.25) is 9.59 Å². The van der Waals surface area contributed by atoms with Crippen molar-refractivity contribution in [1.29, 1.82) is 0 Å². The van der Waals surface area contributed by atoms with E-state index in [0.29, 0.717) is 17.1 Å². The van der Waals surface area contributed by atoms with Crippen molar-refractivity contribution in [3.63, 3.8) is 0 Å². The summed E-state index contributed by atoms with van der Waals surface area (Å²) in [5.41, 5.74) is 1.35. The summed E-state index contributed by atoms with van der Waals surface area (Å²) in [6, 6.07) is 14.1. The first-order valence-corrected chi connectivity index (χ1v) is 7.51. The molecule has 0 heterocycles. The molecule has 2 amide bonds. The molecule has 126 valence electrons. The Hall–Kier alpha value is -3.02. The fraction of sp³-hybridized carbons (Fsp3) is 0.222. The second-order valence-corrected chi connectivity index (χ2v) is 5.08. The van der Waals surface area contributed by atoms with Gasteiger partial charge in [-0.05, 0) is 48.5 Å². The zero-order chi connectivity index (χ0) is 17.4. The van der Waals surface area contributed by atoms with Gasteiger partial charge in [0.1, 0.15) is 11.5 Å². The molecule has 0 fully saturated rings. The zero-order valence-electron chi connectivity index (χ0n) is 13.7. The van der Waals surface area contributed by atoms with Gasteiger partial charge in [-0.15, -0.1) is 0 Å². The molecule has 6 nitrogen and oxygen atoms in total. The average molecular weight is 328 g/mol. The highest BCUT2D eigenvalue weighted by Gasteiger charge is 2.04. The van der Waals surface area contributed by atoms with Crippen molar-refractivity contribution in [2.75, 3.05) is 24.4 Å². The minimum atomic E-state index is -0.143. The molecule has 0 aromatic heterocycles. The zero-order valence-corrected chi connectivity index (χ0v) is 13.7. The van der Waals surface area contributed by atoms with E-state index in [1.54, 1.807) is 55.6 Å². The first-order chi connectivity index (χ1) is 11.6. The van der Waals surface area contributed by atoms with Crippen LogP contribution in [-0.4, -0.2) is 25.5 Å². The van der Waals surface area contributed by atoms with Crippen molar-refractivity contribution in [3.8, 4) is 11.5 Å². The van der Waals surface area contributed by atoms with Gasteiger partial charge in [0.25, 0.3) is 0 Å². The fourth-order valence-electron chi connectivity index (χ4n) is 2.00. The number of hydrogen-bond donors (Lipinski definition) is 2. The Bertz CT molecular complexity index is 681. The number of benzene rings is 2. The van der Waals surface area contributed by atoms with E-state index in [1.807, 2.05) is 0 Å². The number of methoxy groups -OCH3 is 1. The SMILES string of the molecule is COc1ccc(OCCC(=O)Nc2ccc(NC(C)=O)cc2)cc1. The van der Waals surface area contributed by atoms with Gasteiger partial charge in [-0.2, -0.15) is 0 Å². The average Bonchev–Trinajstić information content (AvgIpc) is 2.57. The Balaban J connectivity index is 1.75. The molecule has 2 aromatic rings. The summed E-state index contributed by atoms with van der Waals surface area (Å²) in [5, 5.41) is 5.44. The first-order valence-electron chi connectivity index (χ1n) is 7.51. The number of carbonyl (C=O) groups excluding carboxylic acids is 2. The predicted octanol–water partition coefficient (Wildman–Crippen LogP) is 3.06. The molecule has 24 heavy (non-hydrogen) atoms. The molecule has 0 aliphatic rings. The highest BCUT2D eigenvalue weighted by Crippen LogP contribution is 2.17. The molecule has 0 spiro atoms. The van der Waals surface area contributed by atoms with Crippen LogP contribution in [0.3, 0.4) is 0 Å². The van der Waals surface area contributed by atoms with Crippen molar-refractivity contribution in [1.82, 2.24) is 0 Å². The van der Waals surface area contributed by atoms with Crippen molar-refractivity contribution in [3.05, 3.63) is 48.5 Å². The van der Waals surface area contributed by atoms with Gasteiger partial charge in [0.2, 0.25) is 11.8 Å². The molecule has 0 bridgehead atoms. The lowest BCUT2D eigenvalue weighted by atomic mass is 10.2. The van der Waals surface area contributed by atoms with Gasteiger partial charge in [0, 0.05) is 18.3 Å². The Morgan fingerprint density at radius 2 is 1.42 bits per heavy atom. The van der Waals surface area contributed by atoms with E-state index in [9.17, 15) is 9.59 Å².